The second-order valence-electron chi connectivity index (χ2n) is 5.56. The summed E-state index contributed by atoms with van der Waals surface area (Å²) in [5.41, 5.74) is 0.868. The number of para-hydroxylation sites is 2. The number of aromatic nitrogens is 1. The summed E-state index contributed by atoms with van der Waals surface area (Å²) in [5, 5.41) is 6.32. The van der Waals surface area contributed by atoms with Gasteiger partial charge in [0.15, 0.2) is 5.75 Å². The lowest BCUT2D eigenvalue weighted by Crippen LogP contribution is -2.22. The monoisotopic (exact) mass is 439 g/mol. The molecule has 144 valence electrons. The fraction of sp³-hybridized carbons (Fsp3) is 0.0526. The van der Waals surface area contributed by atoms with Crippen molar-refractivity contribution in [1.82, 2.24) is 4.98 Å². The van der Waals surface area contributed by atoms with Gasteiger partial charge >= 0.3 is 0 Å². The van der Waals surface area contributed by atoms with E-state index in [-0.39, 0.29) is 28.4 Å². The summed E-state index contributed by atoms with van der Waals surface area (Å²) in [6.07, 6.45) is 1.42. The molecule has 0 spiro atoms. The Morgan fingerprint density at radius 1 is 1.04 bits per heavy atom. The van der Waals surface area contributed by atoms with Gasteiger partial charge in [-0.3, -0.25) is 4.79 Å². The average molecular weight is 441 g/mol. The van der Waals surface area contributed by atoms with Gasteiger partial charge in [0.05, 0.1) is 28.0 Å². The first kappa shape index (κ1) is 20.2. The van der Waals surface area contributed by atoms with Gasteiger partial charge in [0.1, 0.15) is 10.8 Å². The molecule has 0 bridgehead atoms. The molecule has 0 saturated heterocycles. The molecule has 3 aromatic rings. The molecule has 0 aliphatic carbocycles. The van der Waals surface area contributed by atoms with Crippen molar-refractivity contribution in [3.63, 3.8) is 0 Å². The summed E-state index contributed by atoms with van der Waals surface area (Å²) in [4.78, 5) is 16.2. The van der Waals surface area contributed by atoms with E-state index in [4.69, 9.17) is 39.5 Å². The first-order valence-electron chi connectivity index (χ1n) is 7.99. The van der Waals surface area contributed by atoms with E-state index >= 15 is 0 Å². The van der Waals surface area contributed by atoms with E-state index in [1.807, 2.05) is 0 Å². The number of pyridine rings is 1. The number of amides is 1. The maximum Gasteiger partial charge on any atom is 0.243 e. The Labute approximate surface area is 175 Å². The second-order valence-corrected chi connectivity index (χ2v) is 6.82. The third-order valence-electron chi connectivity index (χ3n) is 3.51. The number of nitrogens with zero attached hydrogens (tertiary/aromatic N) is 1. The molecule has 5 nitrogen and oxygen atoms in total. The molecule has 2 N–H and O–H groups in total. The molecule has 0 saturated carbocycles. The van der Waals surface area contributed by atoms with Gasteiger partial charge in [-0.2, -0.15) is 0 Å². The second kappa shape index (κ2) is 9.10. The lowest BCUT2D eigenvalue weighted by Gasteiger charge is -2.13. The maximum absolute atomic E-state index is 13.1. The fourth-order valence-corrected chi connectivity index (χ4v) is 2.88. The first-order chi connectivity index (χ1) is 13.4. The molecule has 0 atom stereocenters. The van der Waals surface area contributed by atoms with Crippen molar-refractivity contribution in [1.29, 1.82) is 0 Å². The third kappa shape index (κ3) is 5.25. The number of anilines is 2. The van der Waals surface area contributed by atoms with Gasteiger partial charge < -0.3 is 15.4 Å². The molecular formula is C19H13Cl3FN3O2. The predicted molar refractivity (Wildman–Crippen MR) is 109 cm³/mol. The van der Waals surface area contributed by atoms with Crippen LogP contribution in [0.5, 0.6) is 11.6 Å². The Morgan fingerprint density at radius 3 is 2.57 bits per heavy atom. The number of hydrogen-bond acceptors (Lipinski definition) is 4. The van der Waals surface area contributed by atoms with Crippen molar-refractivity contribution in [3.05, 3.63) is 75.6 Å². The molecule has 0 fully saturated rings. The van der Waals surface area contributed by atoms with Crippen molar-refractivity contribution in [3.8, 4) is 11.6 Å². The topological polar surface area (TPSA) is 63.2 Å². The van der Waals surface area contributed by atoms with Gasteiger partial charge in [0, 0.05) is 6.20 Å². The maximum atomic E-state index is 13.1. The summed E-state index contributed by atoms with van der Waals surface area (Å²) in [6, 6.07) is 12.2. The largest absolute Gasteiger partial charge is 0.435 e. The van der Waals surface area contributed by atoms with Gasteiger partial charge in [-0.25, -0.2) is 9.37 Å². The summed E-state index contributed by atoms with van der Waals surface area (Å²) in [5.74, 6) is -0.248. The summed E-state index contributed by atoms with van der Waals surface area (Å²) < 4.78 is 18.8. The van der Waals surface area contributed by atoms with Crippen molar-refractivity contribution in [2.24, 2.45) is 0 Å². The molecule has 3 rings (SSSR count). The van der Waals surface area contributed by atoms with Gasteiger partial charge in [-0.15, -0.1) is 0 Å². The predicted octanol–water partition coefficient (Wildman–Crippen LogP) is 6.02. The molecule has 28 heavy (non-hydrogen) atoms. The summed E-state index contributed by atoms with van der Waals surface area (Å²) in [7, 11) is 0. The summed E-state index contributed by atoms with van der Waals surface area (Å²) >= 11 is 17.8. The Balaban J connectivity index is 1.67. The van der Waals surface area contributed by atoms with Crippen molar-refractivity contribution in [2.75, 3.05) is 17.2 Å². The molecule has 1 aromatic heterocycles. The van der Waals surface area contributed by atoms with Gasteiger partial charge in [0.2, 0.25) is 11.8 Å². The highest BCUT2D eigenvalue weighted by atomic mass is 35.5. The van der Waals surface area contributed by atoms with E-state index in [0.29, 0.717) is 22.1 Å². The number of carbonyl (C=O) groups is 1. The molecule has 0 aliphatic heterocycles. The highest BCUT2D eigenvalue weighted by Gasteiger charge is 2.11. The minimum absolute atomic E-state index is 0.0736. The van der Waals surface area contributed by atoms with Crippen LogP contribution in [0.3, 0.4) is 0 Å². The van der Waals surface area contributed by atoms with Gasteiger partial charge in [-0.1, -0.05) is 46.9 Å². The fourth-order valence-electron chi connectivity index (χ4n) is 2.24. The highest BCUT2D eigenvalue weighted by Crippen LogP contribution is 2.33. The van der Waals surface area contributed by atoms with E-state index in [1.54, 1.807) is 24.3 Å². The van der Waals surface area contributed by atoms with Crippen molar-refractivity contribution >= 4 is 52.1 Å². The molecular weight excluding hydrogens is 428 g/mol. The molecule has 9 heteroatoms. The van der Waals surface area contributed by atoms with E-state index in [9.17, 15) is 9.18 Å². The molecule has 2 aromatic carbocycles. The standard InChI is InChI=1S/C19H13Cl3FN3O2/c20-11-7-14(22)19(25-9-11)28-17-4-2-1-3-16(17)24-10-18(27)26-15-6-5-12(23)8-13(15)21/h1-9,24H,10H2,(H,26,27). The highest BCUT2D eigenvalue weighted by molar-refractivity contribution is 6.35. The number of hydrogen-bond donors (Lipinski definition) is 2. The third-order valence-corrected chi connectivity index (χ3v) is 4.30. The zero-order valence-corrected chi connectivity index (χ0v) is 16.4. The number of halogens is 4. The van der Waals surface area contributed by atoms with E-state index in [2.05, 4.69) is 15.6 Å². The Bertz CT molecular complexity index is 1020. The van der Waals surface area contributed by atoms with Crippen LogP contribution in [0.25, 0.3) is 0 Å². The molecule has 1 amide bonds. The Hall–Kier alpha value is -2.54. The number of rotatable bonds is 6. The van der Waals surface area contributed by atoms with Crippen LogP contribution in [0.1, 0.15) is 0 Å². The van der Waals surface area contributed by atoms with E-state index in [0.717, 1.165) is 6.07 Å². The number of benzene rings is 2. The number of nitrogens with one attached hydrogen (secondary N) is 2. The smallest absolute Gasteiger partial charge is 0.243 e. The van der Waals surface area contributed by atoms with Crippen LogP contribution < -0.4 is 15.4 Å². The Kier molecular flexibility index (Phi) is 6.57. The zero-order valence-electron chi connectivity index (χ0n) is 14.2. The number of carbonyl (C=O) groups excluding carboxylic acids is 1. The minimum Gasteiger partial charge on any atom is -0.435 e. The lowest BCUT2D eigenvalue weighted by atomic mass is 10.3. The molecule has 0 unspecified atom stereocenters. The molecule has 0 radical (unpaired) electrons. The van der Waals surface area contributed by atoms with Crippen LogP contribution >= 0.6 is 34.8 Å². The first-order valence-corrected chi connectivity index (χ1v) is 9.12. The van der Waals surface area contributed by atoms with Crippen LogP contribution in [0.2, 0.25) is 15.1 Å². The quantitative estimate of drug-likeness (QED) is 0.492. The van der Waals surface area contributed by atoms with Crippen LogP contribution in [0.15, 0.2) is 54.7 Å². The zero-order chi connectivity index (χ0) is 20.1. The SMILES string of the molecule is O=C(CNc1ccccc1Oc1ncc(Cl)cc1Cl)Nc1ccc(F)cc1Cl. The lowest BCUT2D eigenvalue weighted by molar-refractivity contribution is -0.114. The normalized spacial score (nSPS) is 10.4. The van der Waals surface area contributed by atoms with Crippen molar-refractivity contribution < 1.29 is 13.9 Å². The molecule has 1 heterocycles. The van der Waals surface area contributed by atoms with Crippen LogP contribution in [-0.4, -0.2) is 17.4 Å². The van der Waals surface area contributed by atoms with Crippen LogP contribution in [0.4, 0.5) is 15.8 Å². The van der Waals surface area contributed by atoms with E-state index in [1.165, 1.54) is 24.4 Å². The van der Waals surface area contributed by atoms with E-state index < -0.39 is 5.82 Å². The van der Waals surface area contributed by atoms with Crippen LogP contribution in [-0.2, 0) is 4.79 Å². The van der Waals surface area contributed by atoms with Gasteiger partial charge in [0.25, 0.3) is 0 Å². The average Bonchev–Trinajstić information content (AvgIpc) is 2.65. The number of ether oxygens (including phenoxy) is 1. The minimum atomic E-state index is -0.485. The van der Waals surface area contributed by atoms with Crippen LogP contribution in [0, 0.1) is 5.82 Å². The van der Waals surface area contributed by atoms with Gasteiger partial charge in [-0.05, 0) is 36.4 Å². The molecule has 0 aliphatic rings. The summed E-state index contributed by atoms with van der Waals surface area (Å²) in [6.45, 7) is -0.0736. The van der Waals surface area contributed by atoms with Crippen molar-refractivity contribution in [2.45, 2.75) is 0 Å². The Morgan fingerprint density at radius 2 is 1.82 bits per heavy atom.